The summed E-state index contributed by atoms with van der Waals surface area (Å²) in [4.78, 5) is 17.7. The number of nitrogens with zero attached hydrogens (tertiary/aromatic N) is 3. The lowest BCUT2D eigenvalue weighted by Crippen LogP contribution is -2.24. The molecule has 0 spiro atoms. The summed E-state index contributed by atoms with van der Waals surface area (Å²) >= 11 is 0. The zero-order valence-corrected chi connectivity index (χ0v) is 19.3. The number of hydrazine groups is 1. The molecule has 0 saturated carbocycles. The summed E-state index contributed by atoms with van der Waals surface area (Å²) < 4.78 is 5.93. The number of hydrogen-bond acceptors (Lipinski definition) is 6. The number of ether oxygens (including phenoxy) is 1. The summed E-state index contributed by atoms with van der Waals surface area (Å²) in [6, 6.07) is 17.9. The summed E-state index contributed by atoms with van der Waals surface area (Å²) in [5.41, 5.74) is 11.1. The van der Waals surface area contributed by atoms with Gasteiger partial charge in [0.15, 0.2) is 5.78 Å². The molecule has 2 N–H and O–H groups in total. The number of carbonyl (C=O) groups excluding carboxylic acids is 1. The summed E-state index contributed by atoms with van der Waals surface area (Å²) in [6.07, 6.45) is 5.97. The molecule has 0 radical (unpaired) electrons. The molecule has 1 unspecified atom stereocenters. The minimum Gasteiger partial charge on any atom is -0.487 e. The van der Waals surface area contributed by atoms with E-state index in [2.05, 4.69) is 45.0 Å². The number of nitrogens with one attached hydrogen (secondary N) is 2. The molecule has 1 aliphatic rings. The van der Waals surface area contributed by atoms with E-state index in [-0.39, 0.29) is 11.7 Å². The van der Waals surface area contributed by atoms with Crippen LogP contribution in [0.15, 0.2) is 77.7 Å². The highest BCUT2D eigenvalue weighted by Crippen LogP contribution is 2.31. The lowest BCUT2D eigenvalue weighted by atomic mass is 9.79. The molecule has 1 atom stereocenters. The predicted octanol–water partition coefficient (Wildman–Crippen LogP) is 4.88. The number of ketones is 1. The number of benzene rings is 2. The Bertz CT molecular complexity index is 1170. The third-order valence-electron chi connectivity index (χ3n) is 5.91. The first-order chi connectivity index (χ1) is 16.7. The van der Waals surface area contributed by atoms with Gasteiger partial charge in [0.25, 0.3) is 0 Å². The highest BCUT2D eigenvalue weighted by Gasteiger charge is 2.28. The van der Waals surface area contributed by atoms with Crippen LogP contribution in [0.3, 0.4) is 0 Å². The maximum Gasteiger partial charge on any atom is 0.166 e. The number of carbonyl (C=O) groups is 1. The molecule has 0 aliphatic heterocycles. The number of aryl methyl sites for hydroxylation is 1. The quantitative estimate of drug-likeness (QED) is 0.336. The topological polar surface area (TPSA) is 88.0 Å². The van der Waals surface area contributed by atoms with E-state index in [4.69, 9.17) is 4.74 Å². The van der Waals surface area contributed by atoms with E-state index in [1.165, 1.54) is 0 Å². The molecule has 3 aromatic rings. The second-order valence-corrected chi connectivity index (χ2v) is 8.28. The van der Waals surface area contributed by atoms with Crippen LogP contribution in [-0.2, 0) is 26.0 Å². The lowest BCUT2D eigenvalue weighted by molar-refractivity contribution is 0.0900. The van der Waals surface area contributed by atoms with Crippen LogP contribution in [0.1, 0.15) is 44.7 Å². The fraction of sp³-hybridized carbons (Fsp3) is 0.259. The Morgan fingerprint density at radius 2 is 2.06 bits per heavy atom. The fourth-order valence-electron chi connectivity index (χ4n) is 4.11. The summed E-state index contributed by atoms with van der Waals surface area (Å²) in [6.45, 7) is 4.57. The normalized spacial score (nSPS) is 15.2. The predicted molar refractivity (Wildman–Crippen MR) is 132 cm³/mol. The van der Waals surface area contributed by atoms with Crippen LogP contribution >= 0.6 is 0 Å². The van der Waals surface area contributed by atoms with Gasteiger partial charge in [-0.3, -0.25) is 9.78 Å². The first-order valence-electron chi connectivity index (χ1n) is 11.4. The van der Waals surface area contributed by atoms with Gasteiger partial charge in [-0.15, -0.1) is 0 Å². The molecule has 34 heavy (non-hydrogen) atoms. The molecular formula is C27H29N5O2. The number of hydrogen-bond donors (Lipinski definition) is 2. The van der Waals surface area contributed by atoms with Gasteiger partial charge in [-0.2, -0.15) is 5.11 Å². The van der Waals surface area contributed by atoms with Gasteiger partial charge >= 0.3 is 0 Å². The standard InChI is InChI=1S/C27H29N5O2/c1-3-19-7-11-24(29-16-19)18-34-25-12-10-22-8-9-23(27(33)26(22)15-25)14-20-5-4-6-21(13-20)17-30-32-31-28-2/h3-7,10-13,15-16,23H,1,8-9,14,17-18H2,2H3,(H,28,32)(H,30,31). The number of Topliss-reactive ketones (excluding diaryl/α,β-unsaturated/α-hetero) is 1. The van der Waals surface area contributed by atoms with Crippen molar-refractivity contribution in [1.82, 2.24) is 15.9 Å². The van der Waals surface area contributed by atoms with Crippen LogP contribution in [0.25, 0.3) is 6.08 Å². The van der Waals surface area contributed by atoms with Gasteiger partial charge in [0.1, 0.15) is 12.4 Å². The first kappa shape index (κ1) is 23.3. The average molecular weight is 456 g/mol. The molecule has 7 nitrogen and oxygen atoms in total. The Kier molecular flexibility index (Phi) is 7.78. The molecule has 0 bridgehead atoms. The van der Waals surface area contributed by atoms with Gasteiger partial charge in [0.05, 0.1) is 12.2 Å². The summed E-state index contributed by atoms with van der Waals surface area (Å²) in [7, 11) is 1.73. The number of aromatic nitrogens is 1. The van der Waals surface area contributed by atoms with Crippen molar-refractivity contribution in [2.75, 3.05) is 7.05 Å². The number of rotatable bonds is 10. The summed E-state index contributed by atoms with van der Waals surface area (Å²) in [5.74, 6) is 0.826. The van der Waals surface area contributed by atoms with Gasteiger partial charge in [-0.25, -0.2) is 11.0 Å². The van der Waals surface area contributed by atoms with E-state index in [1.54, 1.807) is 19.3 Å². The SMILES string of the molecule is C=Cc1ccc(COc2ccc3c(c2)C(=O)C(Cc2cccc(CN=NNNC)c2)CC3)nc1. The molecule has 4 rings (SSSR count). The molecule has 0 fully saturated rings. The molecule has 1 heterocycles. The second kappa shape index (κ2) is 11.3. The number of fused-ring (bicyclic) bond motifs is 1. The Morgan fingerprint density at radius 1 is 1.18 bits per heavy atom. The minimum atomic E-state index is -0.0429. The van der Waals surface area contributed by atoms with Crippen molar-refractivity contribution in [2.24, 2.45) is 16.3 Å². The van der Waals surface area contributed by atoms with Gasteiger partial charge in [-0.1, -0.05) is 54.3 Å². The molecule has 0 amide bonds. The van der Waals surface area contributed by atoms with Crippen molar-refractivity contribution in [2.45, 2.75) is 32.4 Å². The highest BCUT2D eigenvalue weighted by molar-refractivity contribution is 6.00. The fourth-order valence-corrected chi connectivity index (χ4v) is 4.11. The van der Waals surface area contributed by atoms with E-state index < -0.39 is 0 Å². The van der Waals surface area contributed by atoms with Crippen molar-refractivity contribution in [1.29, 1.82) is 0 Å². The molecule has 0 saturated heterocycles. The third kappa shape index (κ3) is 5.94. The Balaban J connectivity index is 1.40. The van der Waals surface area contributed by atoms with Crippen molar-refractivity contribution in [3.63, 3.8) is 0 Å². The largest absolute Gasteiger partial charge is 0.487 e. The van der Waals surface area contributed by atoms with Crippen LogP contribution in [-0.4, -0.2) is 17.8 Å². The Morgan fingerprint density at radius 3 is 2.85 bits per heavy atom. The van der Waals surface area contributed by atoms with Gasteiger partial charge in [-0.05, 0) is 59.7 Å². The highest BCUT2D eigenvalue weighted by atomic mass is 16.5. The van der Waals surface area contributed by atoms with E-state index in [0.29, 0.717) is 25.3 Å². The molecule has 7 heteroatoms. The monoisotopic (exact) mass is 455 g/mol. The Hall–Kier alpha value is -3.84. The number of pyridine rings is 1. The second-order valence-electron chi connectivity index (χ2n) is 8.28. The molecule has 1 aromatic heterocycles. The van der Waals surface area contributed by atoms with Crippen molar-refractivity contribution < 1.29 is 9.53 Å². The van der Waals surface area contributed by atoms with E-state index in [0.717, 1.165) is 46.4 Å². The lowest BCUT2D eigenvalue weighted by Gasteiger charge is -2.24. The molecular weight excluding hydrogens is 426 g/mol. The van der Waals surface area contributed by atoms with E-state index in [1.807, 2.05) is 42.5 Å². The summed E-state index contributed by atoms with van der Waals surface area (Å²) in [5, 5.41) is 7.89. The molecule has 2 aromatic carbocycles. The first-order valence-corrected chi connectivity index (χ1v) is 11.4. The molecule has 1 aliphatic carbocycles. The molecule has 174 valence electrons. The Labute approximate surface area is 199 Å². The van der Waals surface area contributed by atoms with Crippen molar-refractivity contribution in [3.8, 4) is 5.75 Å². The van der Waals surface area contributed by atoms with Crippen LogP contribution in [0, 0.1) is 5.92 Å². The van der Waals surface area contributed by atoms with Crippen LogP contribution < -0.4 is 15.7 Å². The maximum absolute atomic E-state index is 13.3. The van der Waals surface area contributed by atoms with Gasteiger partial charge in [0.2, 0.25) is 0 Å². The van der Waals surface area contributed by atoms with Crippen molar-refractivity contribution >= 4 is 11.9 Å². The van der Waals surface area contributed by atoms with Gasteiger partial charge in [0, 0.05) is 24.7 Å². The smallest absolute Gasteiger partial charge is 0.166 e. The van der Waals surface area contributed by atoms with Gasteiger partial charge < -0.3 is 4.74 Å². The maximum atomic E-state index is 13.3. The van der Waals surface area contributed by atoms with Crippen LogP contribution in [0.4, 0.5) is 0 Å². The third-order valence-corrected chi connectivity index (χ3v) is 5.91. The zero-order valence-electron chi connectivity index (χ0n) is 19.3. The zero-order chi connectivity index (χ0) is 23.8. The average Bonchev–Trinajstić information content (AvgIpc) is 2.88. The van der Waals surface area contributed by atoms with E-state index >= 15 is 0 Å². The minimum absolute atomic E-state index is 0.0429. The van der Waals surface area contributed by atoms with Crippen LogP contribution in [0.2, 0.25) is 0 Å². The van der Waals surface area contributed by atoms with Crippen LogP contribution in [0.5, 0.6) is 5.75 Å². The van der Waals surface area contributed by atoms with Crippen molar-refractivity contribution in [3.05, 3.63) is 101 Å². The van der Waals surface area contributed by atoms with E-state index in [9.17, 15) is 4.79 Å².